The zero-order chi connectivity index (χ0) is 21.3. The van der Waals surface area contributed by atoms with Crippen LogP contribution in [-0.2, 0) is 6.54 Å². The van der Waals surface area contributed by atoms with Crippen LogP contribution in [0.3, 0.4) is 0 Å². The maximum Gasteiger partial charge on any atom is 0.265 e. The van der Waals surface area contributed by atoms with E-state index in [2.05, 4.69) is 10.3 Å². The number of nitrogens with two attached hydrogens (primary N) is 1. The molecule has 4 rings (SSSR count). The zero-order valence-corrected chi connectivity index (χ0v) is 16.1. The third kappa shape index (κ3) is 3.58. The highest BCUT2D eigenvalue weighted by Crippen LogP contribution is 2.22. The minimum absolute atomic E-state index is 0.107. The average molecular weight is 402 g/mol. The summed E-state index contributed by atoms with van der Waals surface area (Å²) in [5.74, 6) is -0.776. The van der Waals surface area contributed by atoms with E-state index in [0.29, 0.717) is 23.6 Å². The molecule has 8 heteroatoms. The van der Waals surface area contributed by atoms with Gasteiger partial charge in [-0.25, -0.2) is 4.98 Å². The highest BCUT2D eigenvalue weighted by Gasteiger charge is 2.23. The number of hydrogen-bond acceptors (Lipinski definition) is 5. The maximum atomic E-state index is 13.1. The van der Waals surface area contributed by atoms with Gasteiger partial charge in [-0.15, -0.1) is 0 Å². The van der Waals surface area contributed by atoms with Crippen molar-refractivity contribution in [3.8, 4) is 0 Å². The first kappa shape index (κ1) is 19.1. The molecule has 0 saturated heterocycles. The van der Waals surface area contributed by atoms with Gasteiger partial charge in [-0.3, -0.25) is 19.0 Å². The van der Waals surface area contributed by atoms with E-state index >= 15 is 0 Å². The molecule has 0 unspecified atom stereocenters. The van der Waals surface area contributed by atoms with Gasteiger partial charge in [0.1, 0.15) is 17.5 Å². The number of benzene rings is 2. The number of anilines is 1. The number of amides is 2. The SMILES string of the molecule is Cc1oc2ncn(Cc3ccccc3)c(=O)c2c1C(=O)Nc1ccc(C(N)=O)cc1. The van der Waals surface area contributed by atoms with E-state index < -0.39 is 11.8 Å². The predicted octanol–water partition coefficient (Wildman–Crippen LogP) is 2.70. The Morgan fingerprint density at radius 3 is 2.47 bits per heavy atom. The van der Waals surface area contributed by atoms with Crippen molar-refractivity contribution in [1.82, 2.24) is 9.55 Å². The van der Waals surface area contributed by atoms with Gasteiger partial charge in [-0.2, -0.15) is 0 Å². The number of fused-ring (bicyclic) bond motifs is 1. The Hall–Kier alpha value is -4.20. The number of rotatable bonds is 5. The fraction of sp³-hybridized carbons (Fsp3) is 0.0909. The summed E-state index contributed by atoms with van der Waals surface area (Å²) in [6.07, 6.45) is 1.41. The van der Waals surface area contributed by atoms with Crippen molar-refractivity contribution in [1.29, 1.82) is 0 Å². The van der Waals surface area contributed by atoms with Gasteiger partial charge in [-0.05, 0) is 36.8 Å². The molecule has 0 radical (unpaired) electrons. The van der Waals surface area contributed by atoms with Gasteiger partial charge in [0.05, 0.1) is 12.1 Å². The minimum Gasteiger partial charge on any atom is -0.442 e. The third-order valence-corrected chi connectivity index (χ3v) is 4.70. The normalized spacial score (nSPS) is 10.8. The van der Waals surface area contributed by atoms with Crippen LogP contribution in [0.15, 0.2) is 70.1 Å². The number of primary amides is 1. The van der Waals surface area contributed by atoms with E-state index in [0.717, 1.165) is 5.56 Å². The summed E-state index contributed by atoms with van der Waals surface area (Å²) < 4.78 is 6.98. The van der Waals surface area contributed by atoms with E-state index in [-0.39, 0.29) is 22.2 Å². The van der Waals surface area contributed by atoms with E-state index in [1.807, 2.05) is 30.3 Å². The molecule has 2 aromatic heterocycles. The summed E-state index contributed by atoms with van der Waals surface area (Å²) in [6.45, 7) is 1.93. The maximum absolute atomic E-state index is 13.1. The summed E-state index contributed by atoms with van der Waals surface area (Å²) in [4.78, 5) is 41.4. The molecule has 0 spiro atoms. The van der Waals surface area contributed by atoms with E-state index in [1.54, 1.807) is 19.1 Å². The summed E-state index contributed by atoms with van der Waals surface area (Å²) in [5.41, 5.74) is 6.81. The van der Waals surface area contributed by atoms with Crippen molar-refractivity contribution in [3.63, 3.8) is 0 Å². The highest BCUT2D eigenvalue weighted by atomic mass is 16.3. The van der Waals surface area contributed by atoms with Crippen LogP contribution in [0.2, 0.25) is 0 Å². The Morgan fingerprint density at radius 2 is 1.80 bits per heavy atom. The molecular weight excluding hydrogens is 384 g/mol. The molecule has 30 heavy (non-hydrogen) atoms. The van der Waals surface area contributed by atoms with Crippen molar-refractivity contribution < 1.29 is 14.0 Å². The van der Waals surface area contributed by atoms with Gasteiger partial charge in [0.15, 0.2) is 0 Å². The van der Waals surface area contributed by atoms with Crippen LogP contribution in [0.1, 0.15) is 32.0 Å². The molecule has 150 valence electrons. The predicted molar refractivity (Wildman–Crippen MR) is 111 cm³/mol. The Bertz CT molecular complexity index is 1300. The number of aromatic nitrogens is 2. The van der Waals surface area contributed by atoms with Crippen LogP contribution in [0.4, 0.5) is 5.69 Å². The van der Waals surface area contributed by atoms with Gasteiger partial charge < -0.3 is 15.5 Å². The van der Waals surface area contributed by atoms with Gasteiger partial charge in [0.2, 0.25) is 11.6 Å². The fourth-order valence-electron chi connectivity index (χ4n) is 3.22. The standard InChI is InChI=1S/C22H18N4O4/c1-13-17(20(28)25-16-9-7-15(8-10-16)19(23)27)18-21(30-13)24-12-26(22(18)29)11-14-5-3-2-4-6-14/h2-10,12H,11H2,1H3,(H2,23,27)(H,25,28). The second-order valence-electron chi connectivity index (χ2n) is 6.77. The molecule has 0 aliphatic rings. The molecule has 2 amide bonds. The topological polar surface area (TPSA) is 120 Å². The fourth-order valence-corrected chi connectivity index (χ4v) is 3.22. The van der Waals surface area contributed by atoms with Gasteiger partial charge in [0, 0.05) is 11.3 Å². The average Bonchev–Trinajstić information content (AvgIpc) is 3.08. The molecule has 8 nitrogen and oxygen atoms in total. The van der Waals surface area contributed by atoms with Gasteiger partial charge in [-0.1, -0.05) is 30.3 Å². The number of carbonyl (C=O) groups is 2. The van der Waals surface area contributed by atoms with Crippen molar-refractivity contribution in [2.24, 2.45) is 5.73 Å². The van der Waals surface area contributed by atoms with Crippen molar-refractivity contribution in [3.05, 3.63) is 93.7 Å². The number of nitrogens with one attached hydrogen (secondary N) is 1. The Balaban J connectivity index is 1.70. The van der Waals surface area contributed by atoms with Crippen molar-refractivity contribution in [2.45, 2.75) is 13.5 Å². The minimum atomic E-state index is -0.561. The van der Waals surface area contributed by atoms with Crippen molar-refractivity contribution in [2.75, 3.05) is 5.32 Å². The molecule has 3 N–H and O–H groups in total. The lowest BCUT2D eigenvalue weighted by Gasteiger charge is -2.07. The number of nitrogens with zero attached hydrogens (tertiary/aromatic N) is 2. The number of carbonyl (C=O) groups excluding carboxylic acids is 2. The quantitative estimate of drug-likeness (QED) is 0.532. The summed E-state index contributed by atoms with van der Waals surface area (Å²) >= 11 is 0. The first-order chi connectivity index (χ1) is 14.4. The Morgan fingerprint density at radius 1 is 1.10 bits per heavy atom. The lowest BCUT2D eigenvalue weighted by Crippen LogP contribution is -2.23. The Kier molecular flexibility index (Phi) is 4.89. The molecule has 0 atom stereocenters. The van der Waals surface area contributed by atoms with Crippen LogP contribution in [0.5, 0.6) is 0 Å². The molecule has 0 bridgehead atoms. The second-order valence-corrected chi connectivity index (χ2v) is 6.77. The van der Waals surface area contributed by atoms with Crippen LogP contribution in [0, 0.1) is 6.92 Å². The first-order valence-corrected chi connectivity index (χ1v) is 9.17. The summed E-state index contributed by atoms with van der Waals surface area (Å²) in [7, 11) is 0. The van der Waals surface area contributed by atoms with Gasteiger partial charge in [0.25, 0.3) is 11.5 Å². The van der Waals surface area contributed by atoms with Crippen LogP contribution in [-0.4, -0.2) is 21.4 Å². The van der Waals surface area contributed by atoms with Crippen molar-refractivity contribution >= 4 is 28.6 Å². The molecule has 0 aliphatic heterocycles. The monoisotopic (exact) mass is 402 g/mol. The molecule has 2 aromatic carbocycles. The van der Waals surface area contributed by atoms with Gasteiger partial charge >= 0.3 is 0 Å². The third-order valence-electron chi connectivity index (χ3n) is 4.70. The highest BCUT2D eigenvalue weighted by molar-refractivity contribution is 6.12. The van der Waals surface area contributed by atoms with E-state index in [1.165, 1.54) is 23.0 Å². The summed E-state index contributed by atoms with van der Waals surface area (Å²) in [5, 5.41) is 2.84. The van der Waals surface area contributed by atoms with Crippen LogP contribution < -0.4 is 16.6 Å². The first-order valence-electron chi connectivity index (χ1n) is 9.17. The number of furan rings is 1. The molecule has 0 aliphatic carbocycles. The molecular formula is C22H18N4O4. The van der Waals surface area contributed by atoms with Crippen LogP contribution >= 0.6 is 0 Å². The molecule has 0 saturated carbocycles. The Labute approximate surface area is 171 Å². The largest absolute Gasteiger partial charge is 0.442 e. The zero-order valence-electron chi connectivity index (χ0n) is 16.1. The van der Waals surface area contributed by atoms with E-state index in [9.17, 15) is 14.4 Å². The molecule has 2 heterocycles. The van der Waals surface area contributed by atoms with Crippen LogP contribution in [0.25, 0.3) is 11.1 Å². The number of aryl methyl sites for hydroxylation is 1. The number of hydrogen-bond donors (Lipinski definition) is 2. The molecule has 4 aromatic rings. The summed E-state index contributed by atoms with van der Waals surface area (Å²) in [6, 6.07) is 15.6. The van der Waals surface area contributed by atoms with E-state index in [4.69, 9.17) is 10.2 Å². The second kappa shape index (κ2) is 7.67. The lowest BCUT2D eigenvalue weighted by atomic mass is 10.1. The molecule has 0 fully saturated rings. The smallest absolute Gasteiger partial charge is 0.265 e. The lowest BCUT2D eigenvalue weighted by molar-refractivity contribution is 0.0998.